The van der Waals surface area contributed by atoms with Crippen LogP contribution in [0.1, 0.15) is 16.7 Å². The van der Waals surface area contributed by atoms with Crippen molar-refractivity contribution in [3.8, 4) is 6.07 Å². The van der Waals surface area contributed by atoms with Crippen LogP contribution in [0.5, 0.6) is 0 Å². The Kier molecular flexibility index (Phi) is 5.83. The van der Waals surface area contributed by atoms with Gasteiger partial charge in [-0.05, 0) is 42.0 Å². The van der Waals surface area contributed by atoms with Crippen molar-refractivity contribution in [3.63, 3.8) is 0 Å². The quantitative estimate of drug-likeness (QED) is 0.337. The summed E-state index contributed by atoms with van der Waals surface area (Å²) < 4.78 is 66.9. The molecule has 3 aromatic carbocycles. The molecular formula is C25H17F3N2O2S. The molecule has 0 aliphatic carbocycles. The van der Waals surface area contributed by atoms with Gasteiger partial charge in [-0.2, -0.15) is 18.4 Å². The van der Waals surface area contributed by atoms with Gasteiger partial charge >= 0.3 is 6.18 Å². The Morgan fingerprint density at radius 3 is 2.36 bits per heavy atom. The molecule has 4 aromatic rings. The van der Waals surface area contributed by atoms with Gasteiger partial charge in [0.2, 0.25) is 9.84 Å². The summed E-state index contributed by atoms with van der Waals surface area (Å²) in [6.07, 6.45) is -1.51. The minimum atomic E-state index is -4.45. The summed E-state index contributed by atoms with van der Waals surface area (Å²) >= 11 is 0. The zero-order chi connectivity index (χ0) is 23.6. The fourth-order valence-electron chi connectivity index (χ4n) is 3.60. The van der Waals surface area contributed by atoms with Crippen LogP contribution < -0.4 is 0 Å². The van der Waals surface area contributed by atoms with Crippen molar-refractivity contribution in [2.45, 2.75) is 17.6 Å². The van der Waals surface area contributed by atoms with Gasteiger partial charge in [-0.15, -0.1) is 0 Å². The van der Waals surface area contributed by atoms with Gasteiger partial charge in [-0.25, -0.2) is 8.42 Å². The van der Waals surface area contributed by atoms with Crippen LogP contribution in [0.25, 0.3) is 17.0 Å². The average molecular weight is 466 g/mol. The van der Waals surface area contributed by atoms with E-state index in [2.05, 4.69) is 0 Å². The Morgan fingerprint density at radius 2 is 1.67 bits per heavy atom. The molecule has 0 aliphatic heterocycles. The Labute approximate surface area is 188 Å². The summed E-state index contributed by atoms with van der Waals surface area (Å²) in [5.74, 6) is 0. The number of rotatable bonds is 5. The minimum absolute atomic E-state index is 0.00510. The van der Waals surface area contributed by atoms with Crippen LogP contribution in [-0.4, -0.2) is 13.0 Å². The summed E-state index contributed by atoms with van der Waals surface area (Å²) in [4.78, 5) is -0.416. The van der Waals surface area contributed by atoms with E-state index in [0.717, 1.165) is 12.1 Å². The normalized spacial score (nSPS) is 12.6. The highest BCUT2D eigenvalue weighted by molar-refractivity contribution is 7.95. The maximum absolute atomic E-state index is 13.1. The van der Waals surface area contributed by atoms with Crippen molar-refractivity contribution < 1.29 is 21.6 Å². The molecule has 0 atom stereocenters. The molecule has 1 aromatic heterocycles. The van der Waals surface area contributed by atoms with Gasteiger partial charge in [-0.3, -0.25) is 0 Å². The molecule has 0 spiro atoms. The molecular weight excluding hydrogens is 449 g/mol. The molecule has 8 heteroatoms. The molecule has 4 nitrogen and oxygen atoms in total. The molecule has 0 bridgehead atoms. The third-order valence-electron chi connectivity index (χ3n) is 5.17. The lowest BCUT2D eigenvalue weighted by Crippen LogP contribution is -2.06. The van der Waals surface area contributed by atoms with Gasteiger partial charge in [0.1, 0.15) is 11.0 Å². The first-order valence-corrected chi connectivity index (χ1v) is 11.3. The molecule has 4 rings (SSSR count). The molecule has 1 heterocycles. The fraction of sp³-hybridized carbons (Fsp3) is 0.0800. The summed E-state index contributed by atoms with van der Waals surface area (Å²) in [5.41, 5.74) is 0.889. The van der Waals surface area contributed by atoms with Crippen molar-refractivity contribution in [3.05, 3.63) is 107 Å². The molecule has 0 amide bonds. The third kappa shape index (κ3) is 4.54. The molecule has 33 heavy (non-hydrogen) atoms. The number of nitriles is 1. The van der Waals surface area contributed by atoms with Crippen LogP contribution in [-0.2, 0) is 22.6 Å². The molecule has 0 fully saturated rings. The van der Waals surface area contributed by atoms with Crippen molar-refractivity contribution in [2.75, 3.05) is 0 Å². The van der Waals surface area contributed by atoms with Crippen LogP contribution in [0.15, 0.2) is 94.9 Å². The van der Waals surface area contributed by atoms with Gasteiger partial charge in [-0.1, -0.05) is 48.5 Å². The zero-order valence-corrected chi connectivity index (χ0v) is 17.9. The second-order valence-corrected chi connectivity index (χ2v) is 9.28. The van der Waals surface area contributed by atoms with Gasteiger partial charge in [0.05, 0.1) is 10.5 Å². The predicted octanol–water partition coefficient (Wildman–Crippen LogP) is 6.05. The van der Waals surface area contributed by atoms with E-state index in [1.54, 1.807) is 65.4 Å². The average Bonchev–Trinajstić information content (AvgIpc) is 3.14. The number of benzene rings is 3. The van der Waals surface area contributed by atoms with Crippen molar-refractivity contribution in [1.82, 2.24) is 4.57 Å². The molecule has 0 aliphatic rings. The highest BCUT2D eigenvalue weighted by Crippen LogP contribution is 2.31. The van der Waals surface area contributed by atoms with Crippen molar-refractivity contribution in [2.24, 2.45) is 0 Å². The Balaban J connectivity index is 1.79. The third-order valence-corrected chi connectivity index (χ3v) is 6.85. The maximum Gasteiger partial charge on any atom is 0.416 e. The number of halogens is 3. The van der Waals surface area contributed by atoms with Crippen molar-refractivity contribution >= 4 is 26.8 Å². The standard InChI is InChI=1S/C25H17F3N2O2S/c26-25(27,28)20-8-6-7-18(13-20)16-30-17-19(23-11-4-5-12-24(23)30)14-22(15-29)33(31,32)21-9-2-1-3-10-21/h1-14,17H,16H2. The van der Waals surface area contributed by atoms with Gasteiger partial charge in [0.15, 0.2) is 0 Å². The molecule has 0 radical (unpaired) electrons. The second kappa shape index (κ2) is 8.60. The van der Waals surface area contributed by atoms with Gasteiger partial charge in [0, 0.05) is 29.2 Å². The van der Waals surface area contributed by atoms with E-state index in [4.69, 9.17) is 0 Å². The van der Waals surface area contributed by atoms with Crippen molar-refractivity contribution in [1.29, 1.82) is 5.26 Å². The number of hydrogen-bond donors (Lipinski definition) is 0. The van der Waals surface area contributed by atoms with E-state index in [0.29, 0.717) is 22.0 Å². The first kappa shape index (κ1) is 22.4. The number of nitrogens with zero attached hydrogens (tertiary/aromatic N) is 2. The largest absolute Gasteiger partial charge is 0.416 e. The molecule has 0 saturated carbocycles. The van der Waals surface area contributed by atoms with Crippen LogP contribution in [0.4, 0.5) is 13.2 Å². The number of allylic oxidation sites excluding steroid dienone is 1. The zero-order valence-electron chi connectivity index (χ0n) is 17.1. The topological polar surface area (TPSA) is 62.9 Å². The molecule has 166 valence electrons. The van der Waals surface area contributed by atoms with E-state index < -0.39 is 26.5 Å². The maximum atomic E-state index is 13.1. The Morgan fingerprint density at radius 1 is 0.970 bits per heavy atom. The first-order chi connectivity index (χ1) is 15.7. The van der Waals surface area contributed by atoms with Crippen LogP contribution >= 0.6 is 0 Å². The molecule has 0 N–H and O–H groups in total. The van der Waals surface area contributed by atoms with Crippen LogP contribution in [0, 0.1) is 11.3 Å². The van der Waals surface area contributed by atoms with E-state index in [1.807, 2.05) is 0 Å². The van der Waals surface area contributed by atoms with Crippen LogP contribution in [0.2, 0.25) is 0 Å². The second-order valence-electron chi connectivity index (χ2n) is 7.36. The smallest absolute Gasteiger partial charge is 0.342 e. The first-order valence-electron chi connectivity index (χ1n) is 9.86. The highest BCUT2D eigenvalue weighted by Gasteiger charge is 2.30. The molecule has 0 saturated heterocycles. The van der Waals surface area contributed by atoms with Crippen LogP contribution in [0.3, 0.4) is 0 Å². The summed E-state index contributed by atoms with van der Waals surface area (Å²) in [7, 11) is -4.02. The number of para-hydroxylation sites is 1. The van der Waals surface area contributed by atoms with E-state index >= 15 is 0 Å². The molecule has 0 unspecified atom stereocenters. The van der Waals surface area contributed by atoms with E-state index in [9.17, 15) is 26.9 Å². The van der Waals surface area contributed by atoms with Gasteiger partial charge in [0.25, 0.3) is 0 Å². The monoisotopic (exact) mass is 466 g/mol. The highest BCUT2D eigenvalue weighted by atomic mass is 32.2. The fourth-order valence-corrected chi connectivity index (χ4v) is 4.77. The predicted molar refractivity (Wildman–Crippen MR) is 120 cm³/mol. The Bertz CT molecular complexity index is 1500. The lowest BCUT2D eigenvalue weighted by molar-refractivity contribution is -0.137. The number of alkyl halides is 3. The lowest BCUT2D eigenvalue weighted by atomic mass is 10.1. The summed E-state index contributed by atoms with van der Waals surface area (Å²) in [6.45, 7) is 0.144. The lowest BCUT2D eigenvalue weighted by Gasteiger charge is -2.10. The minimum Gasteiger partial charge on any atom is -0.342 e. The van der Waals surface area contributed by atoms with E-state index in [1.165, 1.54) is 24.3 Å². The van der Waals surface area contributed by atoms with Gasteiger partial charge < -0.3 is 4.57 Å². The Hall–Kier alpha value is -3.83. The SMILES string of the molecule is N#CC(=Cc1cn(Cc2cccc(C(F)(F)F)c2)c2ccccc12)S(=O)(=O)c1ccccc1. The van der Waals surface area contributed by atoms with E-state index in [-0.39, 0.29) is 11.4 Å². The number of fused-ring (bicyclic) bond motifs is 1. The number of aromatic nitrogens is 1. The summed E-state index contributed by atoms with van der Waals surface area (Å²) in [5, 5.41) is 10.3. The summed E-state index contributed by atoms with van der Waals surface area (Å²) in [6, 6.07) is 21.6. The number of hydrogen-bond acceptors (Lipinski definition) is 3. The number of sulfone groups is 1.